The van der Waals surface area contributed by atoms with Crippen molar-refractivity contribution in [2.45, 2.75) is 38.8 Å². The lowest BCUT2D eigenvalue weighted by Crippen LogP contribution is -2.29. The first-order chi connectivity index (χ1) is 18.1. The highest BCUT2D eigenvalue weighted by atomic mass is 16.6. The number of hydrogen-bond acceptors (Lipinski definition) is 7. The van der Waals surface area contributed by atoms with E-state index in [1.165, 1.54) is 11.2 Å². The molecule has 3 heterocycles. The number of ether oxygens (including phenoxy) is 3. The van der Waals surface area contributed by atoms with Gasteiger partial charge in [-0.25, -0.2) is 0 Å². The Balaban J connectivity index is 1.56. The maximum atomic E-state index is 13.3. The molecule has 8 heteroatoms. The van der Waals surface area contributed by atoms with Crippen LogP contribution in [-0.2, 0) is 16.1 Å². The minimum atomic E-state index is -0.836. The standard InChI is InChI=1S/C29H29NO7/c1-2-3-4-12-34-21-8-5-7-19(16-21)26-25(28(32)29(33)30(26)18-22-9-6-13-35-22)27(31)20-10-11-23-24(17-20)37-15-14-36-23/h5-11,13,16-17,26,31H,2-4,12,14-15,18H2,1H3/t26-/m1/s1. The summed E-state index contributed by atoms with van der Waals surface area (Å²) in [4.78, 5) is 28.0. The quantitative estimate of drug-likeness (QED) is 0.184. The van der Waals surface area contributed by atoms with Crippen molar-refractivity contribution in [3.05, 3.63) is 83.3 Å². The average molecular weight is 504 g/mol. The molecule has 1 aromatic heterocycles. The molecule has 1 saturated heterocycles. The summed E-state index contributed by atoms with van der Waals surface area (Å²) in [7, 11) is 0. The fourth-order valence-electron chi connectivity index (χ4n) is 4.62. The fraction of sp³-hybridized carbons (Fsp3) is 0.310. The first-order valence-corrected chi connectivity index (χ1v) is 12.5. The van der Waals surface area contributed by atoms with Crippen molar-refractivity contribution in [2.24, 2.45) is 0 Å². The van der Waals surface area contributed by atoms with Gasteiger partial charge in [0.15, 0.2) is 11.5 Å². The molecule has 1 amide bonds. The Hall–Kier alpha value is -4.20. The van der Waals surface area contributed by atoms with Gasteiger partial charge in [-0.1, -0.05) is 31.9 Å². The molecule has 0 aliphatic carbocycles. The summed E-state index contributed by atoms with van der Waals surface area (Å²) in [5.74, 6) is 0.434. The van der Waals surface area contributed by atoms with E-state index in [1.807, 2.05) is 24.3 Å². The first-order valence-electron chi connectivity index (χ1n) is 12.5. The number of fused-ring (bicyclic) bond motifs is 1. The van der Waals surface area contributed by atoms with Gasteiger partial charge in [0, 0.05) is 5.56 Å². The molecule has 2 aliphatic rings. The van der Waals surface area contributed by atoms with Crippen LogP contribution in [0.1, 0.15) is 49.1 Å². The molecule has 2 aliphatic heterocycles. The molecule has 192 valence electrons. The summed E-state index contributed by atoms with van der Waals surface area (Å²) in [5, 5.41) is 11.4. The molecule has 8 nitrogen and oxygen atoms in total. The number of furan rings is 1. The molecule has 1 atom stereocenters. The fourth-order valence-corrected chi connectivity index (χ4v) is 4.62. The highest BCUT2D eigenvalue weighted by Crippen LogP contribution is 2.42. The predicted octanol–water partition coefficient (Wildman–Crippen LogP) is 5.24. The maximum Gasteiger partial charge on any atom is 0.296 e. The van der Waals surface area contributed by atoms with Crippen molar-refractivity contribution >= 4 is 17.4 Å². The number of carbonyl (C=O) groups excluding carboxylic acids is 2. The topological polar surface area (TPSA) is 98.4 Å². The van der Waals surface area contributed by atoms with Crippen LogP contribution in [0.2, 0.25) is 0 Å². The average Bonchev–Trinajstić information content (AvgIpc) is 3.53. The van der Waals surface area contributed by atoms with E-state index in [2.05, 4.69) is 6.92 Å². The number of hydrogen-bond donors (Lipinski definition) is 1. The monoisotopic (exact) mass is 503 g/mol. The Morgan fingerprint density at radius 2 is 1.86 bits per heavy atom. The van der Waals surface area contributed by atoms with Gasteiger partial charge in [0.05, 0.1) is 31.0 Å². The summed E-state index contributed by atoms with van der Waals surface area (Å²) in [5.41, 5.74) is 1.01. The lowest BCUT2D eigenvalue weighted by atomic mass is 9.95. The summed E-state index contributed by atoms with van der Waals surface area (Å²) in [6.45, 7) is 3.59. The number of likely N-dealkylation sites (tertiary alicyclic amines) is 1. The maximum absolute atomic E-state index is 13.3. The molecule has 0 bridgehead atoms. The van der Waals surface area contributed by atoms with E-state index in [4.69, 9.17) is 18.6 Å². The lowest BCUT2D eigenvalue weighted by Gasteiger charge is -2.25. The Bertz CT molecular complexity index is 1310. The highest BCUT2D eigenvalue weighted by molar-refractivity contribution is 6.46. The molecule has 3 aromatic rings. The zero-order valence-electron chi connectivity index (χ0n) is 20.6. The van der Waals surface area contributed by atoms with E-state index >= 15 is 0 Å². The summed E-state index contributed by atoms with van der Waals surface area (Å²) >= 11 is 0. The molecule has 0 spiro atoms. The van der Waals surface area contributed by atoms with Gasteiger partial charge in [-0.05, 0) is 54.4 Å². The summed E-state index contributed by atoms with van der Waals surface area (Å²) in [6.07, 6.45) is 4.60. The van der Waals surface area contributed by atoms with Gasteiger partial charge in [-0.15, -0.1) is 0 Å². The molecule has 5 rings (SSSR count). The lowest BCUT2D eigenvalue weighted by molar-refractivity contribution is -0.140. The number of amides is 1. The van der Waals surface area contributed by atoms with Crippen molar-refractivity contribution < 1.29 is 33.3 Å². The van der Waals surface area contributed by atoms with Crippen LogP contribution in [0.4, 0.5) is 0 Å². The molecule has 1 N–H and O–H groups in total. The van der Waals surface area contributed by atoms with E-state index in [0.717, 1.165) is 19.3 Å². The Labute approximate surface area is 215 Å². The second-order valence-corrected chi connectivity index (χ2v) is 8.99. The van der Waals surface area contributed by atoms with Crippen molar-refractivity contribution in [2.75, 3.05) is 19.8 Å². The van der Waals surface area contributed by atoms with E-state index in [9.17, 15) is 14.7 Å². The SMILES string of the molecule is CCCCCOc1cccc([C@@H]2C(=C(O)c3ccc4c(c3)OCCO4)C(=O)C(=O)N2Cc2ccco2)c1. The third-order valence-electron chi connectivity index (χ3n) is 6.45. The van der Waals surface area contributed by atoms with Crippen LogP contribution in [0, 0.1) is 0 Å². The van der Waals surface area contributed by atoms with Crippen LogP contribution in [-0.4, -0.2) is 41.5 Å². The molecule has 37 heavy (non-hydrogen) atoms. The molecular weight excluding hydrogens is 474 g/mol. The van der Waals surface area contributed by atoms with Crippen molar-refractivity contribution in [3.8, 4) is 17.2 Å². The number of unbranched alkanes of at least 4 members (excludes halogenated alkanes) is 2. The second-order valence-electron chi connectivity index (χ2n) is 8.99. The number of benzene rings is 2. The number of aliphatic hydroxyl groups excluding tert-OH is 1. The second kappa shape index (κ2) is 10.8. The zero-order valence-corrected chi connectivity index (χ0v) is 20.6. The van der Waals surface area contributed by atoms with Gasteiger partial charge in [-0.3, -0.25) is 9.59 Å². The van der Waals surface area contributed by atoms with Crippen LogP contribution in [0.15, 0.2) is 70.9 Å². The van der Waals surface area contributed by atoms with E-state index in [0.29, 0.717) is 54.0 Å². The first kappa shape index (κ1) is 24.5. The number of Topliss-reactive ketones (excluding diaryl/α,β-unsaturated/α-hetero) is 1. The van der Waals surface area contributed by atoms with Crippen molar-refractivity contribution in [3.63, 3.8) is 0 Å². The minimum Gasteiger partial charge on any atom is -0.507 e. The third kappa shape index (κ3) is 5.05. The molecule has 2 aromatic carbocycles. The van der Waals surface area contributed by atoms with Crippen LogP contribution >= 0.6 is 0 Å². The van der Waals surface area contributed by atoms with Crippen LogP contribution in [0.25, 0.3) is 5.76 Å². The number of carbonyl (C=O) groups is 2. The Kier molecular flexibility index (Phi) is 7.16. The molecule has 1 fully saturated rings. The Morgan fingerprint density at radius 1 is 1.03 bits per heavy atom. The smallest absolute Gasteiger partial charge is 0.296 e. The normalized spacial score (nSPS) is 18.3. The zero-order chi connectivity index (χ0) is 25.8. The largest absolute Gasteiger partial charge is 0.507 e. The van der Waals surface area contributed by atoms with Gasteiger partial charge < -0.3 is 28.6 Å². The molecular formula is C29H29NO7. The number of rotatable bonds is 9. The summed E-state index contributed by atoms with van der Waals surface area (Å²) < 4.78 is 22.6. The number of nitrogens with zero attached hydrogens (tertiary/aromatic N) is 1. The molecule has 0 radical (unpaired) electrons. The van der Waals surface area contributed by atoms with Crippen LogP contribution < -0.4 is 14.2 Å². The molecule has 0 saturated carbocycles. The minimum absolute atomic E-state index is 0.00336. The van der Waals surface area contributed by atoms with E-state index in [1.54, 1.807) is 30.3 Å². The van der Waals surface area contributed by atoms with Crippen molar-refractivity contribution in [1.29, 1.82) is 0 Å². The van der Waals surface area contributed by atoms with Crippen LogP contribution in [0.5, 0.6) is 17.2 Å². The van der Waals surface area contributed by atoms with E-state index < -0.39 is 17.7 Å². The van der Waals surface area contributed by atoms with Gasteiger partial charge in [0.2, 0.25) is 0 Å². The third-order valence-corrected chi connectivity index (χ3v) is 6.45. The highest BCUT2D eigenvalue weighted by Gasteiger charge is 2.46. The number of ketones is 1. The van der Waals surface area contributed by atoms with E-state index in [-0.39, 0.29) is 17.9 Å². The van der Waals surface area contributed by atoms with Crippen molar-refractivity contribution in [1.82, 2.24) is 4.90 Å². The Morgan fingerprint density at radius 3 is 2.65 bits per heavy atom. The summed E-state index contributed by atoms with van der Waals surface area (Å²) in [6, 6.07) is 14.9. The van der Waals surface area contributed by atoms with Gasteiger partial charge in [0.25, 0.3) is 11.7 Å². The number of aliphatic hydroxyl groups is 1. The molecule has 0 unspecified atom stereocenters. The van der Waals surface area contributed by atoms with Gasteiger partial charge >= 0.3 is 0 Å². The van der Waals surface area contributed by atoms with Gasteiger partial charge in [0.1, 0.15) is 30.5 Å². The van der Waals surface area contributed by atoms with Crippen LogP contribution in [0.3, 0.4) is 0 Å². The van der Waals surface area contributed by atoms with Gasteiger partial charge in [-0.2, -0.15) is 0 Å². The predicted molar refractivity (Wildman–Crippen MR) is 135 cm³/mol.